The molecule has 0 saturated carbocycles. The highest BCUT2D eigenvalue weighted by Crippen LogP contribution is 2.21. The highest BCUT2D eigenvalue weighted by molar-refractivity contribution is 5.89. The van der Waals surface area contributed by atoms with Gasteiger partial charge in [-0.15, -0.1) is 0 Å². The standard InChI is InChI=1S/C13H20F3N3O2/c14-13(15,16)8-19-7-1-2-10(12(19)21)18-11(20)9-3-5-17-6-4-9/h9-10,17H,1-8H2,(H,18,20). The second kappa shape index (κ2) is 6.64. The largest absolute Gasteiger partial charge is 0.406 e. The van der Waals surface area contributed by atoms with Crippen molar-refractivity contribution in [2.24, 2.45) is 5.92 Å². The van der Waals surface area contributed by atoms with Crippen molar-refractivity contribution in [1.29, 1.82) is 0 Å². The zero-order valence-corrected chi connectivity index (χ0v) is 11.7. The molecule has 2 rings (SSSR count). The van der Waals surface area contributed by atoms with E-state index in [1.807, 2.05) is 0 Å². The molecule has 2 aliphatic heterocycles. The number of hydrogen-bond acceptors (Lipinski definition) is 3. The Hall–Kier alpha value is -1.31. The van der Waals surface area contributed by atoms with Gasteiger partial charge in [0.05, 0.1) is 0 Å². The molecule has 120 valence electrons. The van der Waals surface area contributed by atoms with Gasteiger partial charge in [0.2, 0.25) is 11.8 Å². The van der Waals surface area contributed by atoms with Crippen LogP contribution in [0.2, 0.25) is 0 Å². The topological polar surface area (TPSA) is 61.4 Å². The lowest BCUT2D eigenvalue weighted by molar-refractivity contribution is -0.165. The van der Waals surface area contributed by atoms with E-state index >= 15 is 0 Å². The third kappa shape index (κ3) is 4.59. The summed E-state index contributed by atoms with van der Waals surface area (Å²) in [5, 5.41) is 5.76. The molecule has 8 heteroatoms. The van der Waals surface area contributed by atoms with Gasteiger partial charge in [-0.2, -0.15) is 13.2 Å². The molecule has 0 aromatic carbocycles. The van der Waals surface area contributed by atoms with Crippen LogP contribution in [0.4, 0.5) is 13.2 Å². The van der Waals surface area contributed by atoms with Crippen molar-refractivity contribution < 1.29 is 22.8 Å². The van der Waals surface area contributed by atoms with E-state index in [2.05, 4.69) is 10.6 Å². The third-order valence-electron chi connectivity index (χ3n) is 3.93. The van der Waals surface area contributed by atoms with E-state index in [4.69, 9.17) is 0 Å². The molecule has 2 aliphatic rings. The maximum absolute atomic E-state index is 12.4. The van der Waals surface area contributed by atoms with Crippen molar-refractivity contribution in [1.82, 2.24) is 15.5 Å². The molecule has 2 N–H and O–H groups in total. The molecule has 1 unspecified atom stereocenters. The number of hydrogen-bond donors (Lipinski definition) is 2. The van der Waals surface area contributed by atoms with Gasteiger partial charge in [0, 0.05) is 12.5 Å². The molecule has 0 aliphatic carbocycles. The molecule has 21 heavy (non-hydrogen) atoms. The average Bonchev–Trinajstić information content (AvgIpc) is 2.43. The minimum atomic E-state index is -4.41. The molecule has 2 fully saturated rings. The minimum Gasteiger partial charge on any atom is -0.344 e. The van der Waals surface area contributed by atoms with E-state index in [0.717, 1.165) is 18.0 Å². The fourth-order valence-corrected chi connectivity index (χ4v) is 2.82. The van der Waals surface area contributed by atoms with Gasteiger partial charge in [-0.25, -0.2) is 0 Å². The number of likely N-dealkylation sites (tertiary alicyclic amines) is 1. The summed E-state index contributed by atoms with van der Waals surface area (Å²) in [6.45, 7) is 0.345. The predicted octanol–water partition coefficient (Wildman–Crippen LogP) is 0.655. The fraction of sp³-hybridized carbons (Fsp3) is 0.846. The van der Waals surface area contributed by atoms with E-state index < -0.39 is 24.7 Å². The number of carbonyl (C=O) groups is 2. The molecule has 1 atom stereocenters. The molecule has 0 aromatic heterocycles. The van der Waals surface area contributed by atoms with Crippen LogP contribution in [0.5, 0.6) is 0 Å². The Labute approximate surface area is 121 Å². The second-order valence-corrected chi connectivity index (χ2v) is 5.60. The van der Waals surface area contributed by atoms with Crippen LogP contribution in [-0.4, -0.2) is 55.1 Å². The lowest BCUT2D eigenvalue weighted by Crippen LogP contribution is -2.55. The number of rotatable bonds is 3. The number of amides is 2. The minimum absolute atomic E-state index is 0.0953. The van der Waals surface area contributed by atoms with Gasteiger partial charge in [-0.3, -0.25) is 9.59 Å². The van der Waals surface area contributed by atoms with Crippen molar-refractivity contribution in [2.45, 2.75) is 37.9 Å². The number of nitrogens with zero attached hydrogens (tertiary/aromatic N) is 1. The second-order valence-electron chi connectivity index (χ2n) is 5.60. The molecular weight excluding hydrogens is 287 g/mol. The Bertz CT molecular complexity index is 395. The number of alkyl halides is 3. The lowest BCUT2D eigenvalue weighted by Gasteiger charge is -2.34. The fourth-order valence-electron chi connectivity index (χ4n) is 2.82. The molecular formula is C13H20F3N3O2. The number of halogens is 3. The highest BCUT2D eigenvalue weighted by atomic mass is 19.4. The van der Waals surface area contributed by atoms with E-state index in [9.17, 15) is 22.8 Å². The van der Waals surface area contributed by atoms with Crippen LogP contribution in [0.15, 0.2) is 0 Å². The molecule has 5 nitrogen and oxygen atoms in total. The van der Waals surface area contributed by atoms with Gasteiger partial charge in [-0.05, 0) is 38.8 Å². The Morgan fingerprint density at radius 3 is 2.57 bits per heavy atom. The van der Waals surface area contributed by atoms with E-state index in [1.54, 1.807) is 0 Å². The van der Waals surface area contributed by atoms with E-state index in [0.29, 0.717) is 25.7 Å². The summed E-state index contributed by atoms with van der Waals surface area (Å²) in [6, 6.07) is -0.816. The zero-order chi connectivity index (χ0) is 15.5. The quantitative estimate of drug-likeness (QED) is 0.805. The summed E-state index contributed by atoms with van der Waals surface area (Å²) in [5.41, 5.74) is 0. The molecule has 0 aromatic rings. The van der Waals surface area contributed by atoms with Crippen LogP contribution in [-0.2, 0) is 9.59 Å². The van der Waals surface area contributed by atoms with Crippen LogP contribution < -0.4 is 10.6 Å². The number of carbonyl (C=O) groups excluding carboxylic acids is 2. The number of nitrogens with one attached hydrogen (secondary N) is 2. The van der Waals surface area contributed by atoms with Gasteiger partial charge in [0.25, 0.3) is 0 Å². The van der Waals surface area contributed by atoms with Crippen molar-refractivity contribution in [2.75, 3.05) is 26.2 Å². The first-order chi connectivity index (χ1) is 9.87. The summed E-state index contributed by atoms with van der Waals surface area (Å²) in [4.78, 5) is 24.9. The molecule has 2 heterocycles. The van der Waals surface area contributed by atoms with Crippen molar-refractivity contribution in [3.63, 3.8) is 0 Å². The van der Waals surface area contributed by atoms with Crippen molar-refractivity contribution >= 4 is 11.8 Å². The highest BCUT2D eigenvalue weighted by Gasteiger charge is 2.38. The third-order valence-corrected chi connectivity index (χ3v) is 3.93. The summed E-state index contributed by atoms with van der Waals surface area (Å²) < 4.78 is 37.2. The molecule has 0 radical (unpaired) electrons. The maximum atomic E-state index is 12.4. The van der Waals surface area contributed by atoms with Crippen molar-refractivity contribution in [3.8, 4) is 0 Å². The molecule has 0 spiro atoms. The lowest BCUT2D eigenvalue weighted by atomic mass is 9.96. The van der Waals surface area contributed by atoms with Crippen LogP contribution in [0.25, 0.3) is 0 Å². The number of piperidine rings is 2. The maximum Gasteiger partial charge on any atom is 0.406 e. The summed E-state index contributed by atoms with van der Waals surface area (Å²) in [5.74, 6) is -0.999. The first-order valence-electron chi connectivity index (χ1n) is 7.23. The zero-order valence-electron chi connectivity index (χ0n) is 11.7. The van der Waals surface area contributed by atoms with Gasteiger partial charge in [0.1, 0.15) is 12.6 Å². The normalized spacial score (nSPS) is 25.0. The first-order valence-corrected chi connectivity index (χ1v) is 7.23. The Kier molecular flexibility index (Phi) is 5.08. The van der Waals surface area contributed by atoms with Crippen LogP contribution >= 0.6 is 0 Å². The van der Waals surface area contributed by atoms with E-state index in [-0.39, 0.29) is 18.4 Å². The van der Waals surface area contributed by atoms with Crippen molar-refractivity contribution in [3.05, 3.63) is 0 Å². The van der Waals surface area contributed by atoms with Crippen LogP contribution in [0, 0.1) is 5.92 Å². The SMILES string of the molecule is O=C(NC1CCCN(CC(F)(F)F)C1=O)C1CCNCC1. The molecule has 0 bridgehead atoms. The summed E-state index contributed by atoms with van der Waals surface area (Å²) in [7, 11) is 0. The summed E-state index contributed by atoms with van der Waals surface area (Å²) >= 11 is 0. The predicted molar refractivity (Wildman–Crippen MR) is 69.4 cm³/mol. The van der Waals surface area contributed by atoms with Gasteiger partial charge in [-0.1, -0.05) is 0 Å². The Morgan fingerprint density at radius 1 is 1.29 bits per heavy atom. The van der Waals surface area contributed by atoms with Gasteiger partial charge in [0.15, 0.2) is 0 Å². The Morgan fingerprint density at radius 2 is 1.95 bits per heavy atom. The molecule has 2 saturated heterocycles. The van der Waals surface area contributed by atoms with Gasteiger partial charge >= 0.3 is 6.18 Å². The summed E-state index contributed by atoms with van der Waals surface area (Å²) in [6.07, 6.45) is -2.14. The van der Waals surface area contributed by atoms with Crippen LogP contribution in [0.3, 0.4) is 0 Å². The molecule has 2 amide bonds. The smallest absolute Gasteiger partial charge is 0.344 e. The average molecular weight is 307 g/mol. The monoisotopic (exact) mass is 307 g/mol. The van der Waals surface area contributed by atoms with Gasteiger partial charge < -0.3 is 15.5 Å². The Balaban J connectivity index is 1.90. The first kappa shape index (κ1) is 16.1. The van der Waals surface area contributed by atoms with E-state index in [1.165, 1.54) is 0 Å². The van der Waals surface area contributed by atoms with Crippen LogP contribution in [0.1, 0.15) is 25.7 Å².